The second-order valence-corrected chi connectivity index (χ2v) is 17.0. The van der Waals surface area contributed by atoms with Crippen molar-refractivity contribution < 1.29 is 38.1 Å². The van der Waals surface area contributed by atoms with Crippen molar-refractivity contribution in [2.45, 2.75) is 182 Å². The molecule has 4 aliphatic carbocycles. The summed E-state index contributed by atoms with van der Waals surface area (Å²) in [6, 6.07) is 0. The van der Waals surface area contributed by atoms with Crippen molar-refractivity contribution in [1.29, 1.82) is 0 Å². The molecule has 0 spiro atoms. The highest BCUT2D eigenvalue weighted by Crippen LogP contribution is 2.40. The normalized spacial score (nSPS) is 24.5. The molecule has 4 rings (SSSR count). The average molecular weight is 729 g/mol. The van der Waals surface area contributed by atoms with E-state index >= 15 is 0 Å². The van der Waals surface area contributed by atoms with Gasteiger partial charge in [-0.1, -0.05) is 80.7 Å². The number of rotatable bonds is 8. The highest BCUT2D eigenvalue weighted by atomic mass is 16.6. The molecule has 0 bridgehead atoms. The Balaban J connectivity index is 0.000000349. The van der Waals surface area contributed by atoms with Crippen molar-refractivity contribution in [2.24, 2.45) is 22.7 Å². The van der Waals surface area contributed by atoms with Crippen molar-refractivity contribution in [1.82, 2.24) is 0 Å². The molecule has 0 aromatic carbocycles. The van der Waals surface area contributed by atoms with Gasteiger partial charge in [0.2, 0.25) is 0 Å². The van der Waals surface area contributed by atoms with Crippen molar-refractivity contribution in [2.75, 3.05) is 0 Å². The number of ether oxygens (including phenoxy) is 4. The molecule has 0 aromatic rings. The van der Waals surface area contributed by atoms with Crippen LogP contribution in [0.1, 0.15) is 158 Å². The van der Waals surface area contributed by atoms with Crippen LogP contribution in [0.15, 0.2) is 50.1 Å². The van der Waals surface area contributed by atoms with Gasteiger partial charge in [-0.05, 0) is 126 Å². The lowest BCUT2D eigenvalue weighted by atomic mass is 9.71. The Kier molecular flexibility index (Phi) is 21.8. The van der Waals surface area contributed by atoms with Crippen molar-refractivity contribution in [3.05, 3.63) is 50.1 Å². The summed E-state index contributed by atoms with van der Waals surface area (Å²) in [4.78, 5) is 43.9. The lowest BCUT2D eigenvalue weighted by Gasteiger charge is -2.38. The first kappa shape index (κ1) is 46.9. The van der Waals surface area contributed by atoms with Crippen LogP contribution in [-0.4, -0.2) is 48.3 Å². The molecule has 0 N–H and O–H groups in total. The summed E-state index contributed by atoms with van der Waals surface area (Å²) >= 11 is 0. The summed E-state index contributed by atoms with van der Waals surface area (Å²) in [7, 11) is 0. The Hall–Kier alpha value is -3.16. The van der Waals surface area contributed by atoms with E-state index in [0.717, 1.165) is 57.3 Å². The van der Waals surface area contributed by atoms with Gasteiger partial charge in [-0.3, -0.25) is 0 Å². The van der Waals surface area contributed by atoms with E-state index in [1.165, 1.54) is 76.0 Å². The van der Waals surface area contributed by atoms with E-state index in [1.807, 2.05) is 0 Å². The molecule has 2 atom stereocenters. The van der Waals surface area contributed by atoms with Gasteiger partial charge in [0.05, 0.1) is 0 Å². The number of hydrogen-bond donors (Lipinski definition) is 0. The minimum absolute atomic E-state index is 0.0826. The molecule has 0 heterocycles. The predicted octanol–water partition coefficient (Wildman–Crippen LogP) is 10.7. The summed E-state index contributed by atoms with van der Waals surface area (Å²) in [5.74, 6) is 0.311. The SMILES string of the molecule is C=C(C)C(=O)OC1CCCCC1.C=CC(=O)OC1CC(C)CC(C)(C)C1.C=CC(=O)OC1CCC(C(C)(C)C)CC1.C=CC(=O)OC1CCCCC1. The lowest BCUT2D eigenvalue weighted by molar-refractivity contribution is -0.147. The van der Waals surface area contributed by atoms with Crippen LogP contribution < -0.4 is 0 Å². The second-order valence-electron chi connectivity index (χ2n) is 17.0. The van der Waals surface area contributed by atoms with Gasteiger partial charge in [-0.25, -0.2) is 19.2 Å². The van der Waals surface area contributed by atoms with Gasteiger partial charge in [-0.2, -0.15) is 0 Å². The van der Waals surface area contributed by atoms with Crippen LogP contribution >= 0.6 is 0 Å². The van der Waals surface area contributed by atoms with Crippen molar-refractivity contribution in [3.8, 4) is 0 Å². The molecule has 0 radical (unpaired) electrons. The van der Waals surface area contributed by atoms with Gasteiger partial charge in [0.25, 0.3) is 0 Å². The molecule has 296 valence electrons. The van der Waals surface area contributed by atoms with E-state index in [4.69, 9.17) is 18.9 Å². The first-order valence-corrected chi connectivity index (χ1v) is 19.7. The highest BCUT2D eigenvalue weighted by Gasteiger charge is 2.34. The Morgan fingerprint density at radius 1 is 0.596 bits per heavy atom. The number of carbonyl (C=O) groups is 4. The third kappa shape index (κ3) is 20.8. The monoisotopic (exact) mass is 729 g/mol. The average Bonchev–Trinajstić information content (AvgIpc) is 3.08. The summed E-state index contributed by atoms with van der Waals surface area (Å²) in [5.41, 5.74) is 1.18. The summed E-state index contributed by atoms with van der Waals surface area (Å²) in [6.45, 7) is 28.9. The third-order valence-electron chi connectivity index (χ3n) is 10.3. The Labute approximate surface area is 316 Å². The Morgan fingerprint density at radius 3 is 1.35 bits per heavy atom. The van der Waals surface area contributed by atoms with Gasteiger partial charge in [-0.15, -0.1) is 0 Å². The van der Waals surface area contributed by atoms with E-state index in [0.29, 0.717) is 22.3 Å². The Bertz CT molecular complexity index is 1140. The number of carbonyl (C=O) groups excluding carboxylic acids is 4. The minimum Gasteiger partial charge on any atom is -0.459 e. The molecule has 4 aliphatic rings. The van der Waals surface area contributed by atoms with Crippen LogP contribution in [0, 0.1) is 22.7 Å². The van der Waals surface area contributed by atoms with Crippen LogP contribution in [0.25, 0.3) is 0 Å². The molecule has 2 unspecified atom stereocenters. The molecule has 0 aromatic heterocycles. The van der Waals surface area contributed by atoms with Crippen molar-refractivity contribution in [3.63, 3.8) is 0 Å². The van der Waals surface area contributed by atoms with Crippen LogP contribution in [-0.2, 0) is 38.1 Å². The van der Waals surface area contributed by atoms with Crippen LogP contribution in [0.5, 0.6) is 0 Å². The number of esters is 4. The molecule has 0 saturated heterocycles. The highest BCUT2D eigenvalue weighted by molar-refractivity contribution is 5.87. The largest absolute Gasteiger partial charge is 0.459 e. The van der Waals surface area contributed by atoms with E-state index in [2.05, 4.69) is 67.9 Å². The van der Waals surface area contributed by atoms with Crippen LogP contribution in [0.2, 0.25) is 0 Å². The molecule has 0 aliphatic heterocycles. The summed E-state index contributed by atoms with van der Waals surface area (Å²) in [6.07, 6.45) is 23.2. The lowest BCUT2D eigenvalue weighted by Crippen LogP contribution is -2.33. The molecular weight excluding hydrogens is 656 g/mol. The van der Waals surface area contributed by atoms with Crippen LogP contribution in [0.3, 0.4) is 0 Å². The maximum absolute atomic E-state index is 11.1. The maximum Gasteiger partial charge on any atom is 0.333 e. The van der Waals surface area contributed by atoms with E-state index in [9.17, 15) is 19.2 Å². The Morgan fingerprint density at radius 2 is 0.981 bits per heavy atom. The topological polar surface area (TPSA) is 105 Å². The molecule has 0 amide bonds. The molecule has 4 fully saturated rings. The predicted molar refractivity (Wildman–Crippen MR) is 209 cm³/mol. The first-order valence-electron chi connectivity index (χ1n) is 19.7. The first-order chi connectivity index (χ1) is 24.4. The third-order valence-corrected chi connectivity index (χ3v) is 10.3. The second kappa shape index (κ2) is 24.2. The fourth-order valence-corrected chi connectivity index (χ4v) is 7.65. The fraction of sp³-hybridized carbons (Fsp3) is 0.727. The molecule has 52 heavy (non-hydrogen) atoms. The van der Waals surface area contributed by atoms with Gasteiger partial charge in [0.15, 0.2) is 0 Å². The standard InChI is InChI=1S/C13H22O2.C12H20O2.C10H16O2.C9H14O2/c1-5-12(14)15-11-8-6-10(7-9-11)13(2,3)4;1-5-11(13)14-10-6-9(2)7-12(3,4)8-10;1-8(2)10(11)12-9-6-4-3-5-7-9;1-2-9(10)11-8-6-4-3-5-7-8/h5,10-11H,1,6-9H2,2-4H3;5,9-10H,1,6-8H2,2-4H3;9H,1,3-7H2,2H3;2,8H,1,3-7H2. The summed E-state index contributed by atoms with van der Waals surface area (Å²) < 4.78 is 20.8. The molecule has 4 saturated carbocycles. The molecular formula is C44H72O8. The maximum atomic E-state index is 11.1. The fourth-order valence-electron chi connectivity index (χ4n) is 7.65. The van der Waals surface area contributed by atoms with Gasteiger partial charge in [0.1, 0.15) is 24.4 Å². The smallest absolute Gasteiger partial charge is 0.333 e. The van der Waals surface area contributed by atoms with Crippen molar-refractivity contribution >= 4 is 23.9 Å². The zero-order valence-electron chi connectivity index (χ0n) is 33.8. The zero-order valence-corrected chi connectivity index (χ0v) is 33.8. The van der Waals surface area contributed by atoms with E-state index < -0.39 is 0 Å². The van der Waals surface area contributed by atoms with Gasteiger partial charge in [0, 0.05) is 23.8 Å². The van der Waals surface area contributed by atoms with Gasteiger partial charge >= 0.3 is 23.9 Å². The summed E-state index contributed by atoms with van der Waals surface area (Å²) in [5, 5.41) is 0. The van der Waals surface area contributed by atoms with Crippen LogP contribution in [0.4, 0.5) is 0 Å². The number of hydrogen-bond acceptors (Lipinski definition) is 8. The minimum atomic E-state index is -0.292. The molecule has 8 heteroatoms. The molecule has 8 nitrogen and oxygen atoms in total. The van der Waals surface area contributed by atoms with E-state index in [1.54, 1.807) is 6.92 Å². The van der Waals surface area contributed by atoms with E-state index in [-0.39, 0.29) is 48.3 Å². The quantitative estimate of drug-likeness (QED) is 0.138. The van der Waals surface area contributed by atoms with Gasteiger partial charge < -0.3 is 18.9 Å². The zero-order chi connectivity index (χ0) is 39.3.